The Hall–Kier alpha value is -1.76. The van der Waals surface area contributed by atoms with Gasteiger partial charge in [-0.15, -0.1) is 12.4 Å². The zero-order valence-corrected chi connectivity index (χ0v) is 14.2. The van der Waals surface area contributed by atoms with Crippen molar-refractivity contribution in [3.63, 3.8) is 0 Å². The Balaban J connectivity index is 0.00000192. The second kappa shape index (κ2) is 7.68. The van der Waals surface area contributed by atoms with Crippen LogP contribution in [-0.4, -0.2) is 29.8 Å². The van der Waals surface area contributed by atoms with Gasteiger partial charge in [0.05, 0.1) is 7.11 Å². The van der Waals surface area contributed by atoms with Gasteiger partial charge >= 0.3 is 0 Å². The molecule has 0 radical (unpaired) electrons. The van der Waals surface area contributed by atoms with E-state index in [2.05, 4.69) is 20.8 Å². The highest BCUT2D eigenvalue weighted by molar-refractivity contribution is 6.30. The smallest absolute Gasteiger partial charge is 0.272 e. The van der Waals surface area contributed by atoms with Crippen molar-refractivity contribution < 1.29 is 9.53 Å². The molecule has 1 aromatic carbocycles. The maximum absolute atomic E-state index is 12.3. The lowest BCUT2D eigenvalue weighted by molar-refractivity contribution is 0.0944. The summed E-state index contributed by atoms with van der Waals surface area (Å²) in [5, 5.41) is 13.8. The molecule has 0 saturated heterocycles. The van der Waals surface area contributed by atoms with Crippen molar-refractivity contribution in [2.45, 2.75) is 19.5 Å². The summed E-state index contributed by atoms with van der Waals surface area (Å²) >= 11 is 5.93. The van der Waals surface area contributed by atoms with E-state index in [0.717, 1.165) is 29.8 Å². The average Bonchev–Trinajstić information content (AvgIpc) is 2.97. The van der Waals surface area contributed by atoms with E-state index < -0.39 is 0 Å². The highest BCUT2D eigenvalue weighted by Gasteiger charge is 2.21. The van der Waals surface area contributed by atoms with Crippen LogP contribution in [-0.2, 0) is 19.5 Å². The number of amides is 1. The number of hydrogen-bond acceptors (Lipinski definition) is 4. The standard InChI is InChI=1S/C15H17ClN4O2.ClH/c1-22-13-6-10(16)3-2-9(13)7-18-15(21)14-11-8-17-5-4-12(11)19-20-14;/h2-3,6,17H,4-5,7-8H2,1H3,(H,18,21)(H,19,20);1H. The van der Waals surface area contributed by atoms with Gasteiger partial charge in [-0.1, -0.05) is 17.7 Å². The van der Waals surface area contributed by atoms with Gasteiger partial charge in [0, 0.05) is 47.9 Å². The lowest BCUT2D eigenvalue weighted by Gasteiger charge is -2.13. The highest BCUT2D eigenvalue weighted by Crippen LogP contribution is 2.23. The van der Waals surface area contributed by atoms with Crippen molar-refractivity contribution in [1.29, 1.82) is 0 Å². The number of rotatable bonds is 4. The molecule has 2 heterocycles. The van der Waals surface area contributed by atoms with Crippen LogP contribution in [0.25, 0.3) is 0 Å². The number of aromatic amines is 1. The molecule has 1 aliphatic rings. The number of methoxy groups -OCH3 is 1. The molecule has 0 bridgehead atoms. The van der Waals surface area contributed by atoms with Gasteiger partial charge in [-0.2, -0.15) is 5.10 Å². The first-order chi connectivity index (χ1) is 10.7. The van der Waals surface area contributed by atoms with Crippen LogP contribution >= 0.6 is 24.0 Å². The van der Waals surface area contributed by atoms with E-state index in [1.807, 2.05) is 6.07 Å². The summed E-state index contributed by atoms with van der Waals surface area (Å²) in [5.74, 6) is 0.455. The number of carbonyl (C=O) groups is 1. The number of nitrogens with zero attached hydrogens (tertiary/aromatic N) is 1. The molecule has 3 rings (SSSR count). The molecule has 23 heavy (non-hydrogen) atoms. The van der Waals surface area contributed by atoms with Crippen LogP contribution in [0, 0.1) is 0 Å². The quantitative estimate of drug-likeness (QED) is 0.783. The summed E-state index contributed by atoms with van der Waals surface area (Å²) in [6.45, 7) is 1.92. The second-order valence-corrected chi connectivity index (χ2v) is 5.53. The number of aromatic nitrogens is 2. The second-order valence-electron chi connectivity index (χ2n) is 5.09. The molecular formula is C15H18Cl2N4O2. The van der Waals surface area contributed by atoms with Gasteiger partial charge in [-0.05, 0) is 12.1 Å². The van der Waals surface area contributed by atoms with Crippen LogP contribution in [0.1, 0.15) is 27.3 Å². The van der Waals surface area contributed by atoms with Gasteiger partial charge in [-0.25, -0.2) is 0 Å². The van der Waals surface area contributed by atoms with Crippen molar-refractivity contribution >= 4 is 29.9 Å². The van der Waals surface area contributed by atoms with E-state index >= 15 is 0 Å². The number of fused-ring (bicyclic) bond motifs is 1. The fourth-order valence-electron chi connectivity index (χ4n) is 2.54. The minimum Gasteiger partial charge on any atom is -0.496 e. The van der Waals surface area contributed by atoms with Crippen molar-refractivity contribution in [3.8, 4) is 5.75 Å². The molecular weight excluding hydrogens is 339 g/mol. The molecule has 0 unspecified atom stereocenters. The Kier molecular flexibility index (Phi) is 5.87. The average molecular weight is 357 g/mol. The Labute approximate surface area is 145 Å². The topological polar surface area (TPSA) is 79.0 Å². The van der Waals surface area contributed by atoms with Gasteiger partial charge in [-0.3, -0.25) is 9.89 Å². The van der Waals surface area contributed by atoms with E-state index in [1.54, 1.807) is 19.2 Å². The molecule has 124 valence electrons. The van der Waals surface area contributed by atoms with Crippen molar-refractivity contribution in [2.24, 2.45) is 0 Å². The third-order valence-electron chi connectivity index (χ3n) is 3.71. The van der Waals surface area contributed by atoms with Crippen LogP contribution in [0.4, 0.5) is 0 Å². The van der Waals surface area contributed by atoms with Gasteiger partial charge < -0.3 is 15.4 Å². The predicted octanol–water partition coefficient (Wildman–Crippen LogP) is 2.07. The SMILES string of the molecule is COc1cc(Cl)ccc1CNC(=O)c1n[nH]c2c1CNCC2.Cl. The summed E-state index contributed by atoms with van der Waals surface area (Å²) in [7, 11) is 1.58. The number of benzene rings is 1. The first-order valence-electron chi connectivity index (χ1n) is 7.06. The van der Waals surface area contributed by atoms with Gasteiger partial charge in [0.2, 0.25) is 0 Å². The van der Waals surface area contributed by atoms with Crippen LogP contribution < -0.4 is 15.4 Å². The third kappa shape index (κ3) is 3.77. The predicted molar refractivity (Wildman–Crippen MR) is 90.4 cm³/mol. The summed E-state index contributed by atoms with van der Waals surface area (Å²) in [6.07, 6.45) is 0.862. The normalized spacial score (nSPS) is 13.0. The Morgan fingerprint density at radius 3 is 3.09 bits per heavy atom. The molecule has 0 atom stereocenters. The van der Waals surface area contributed by atoms with Crippen LogP contribution in [0.5, 0.6) is 5.75 Å². The summed E-state index contributed by atoms with van der Waals surface area (Å²) < 4.78 is 5.27. The molecule has 1 aliphatic heterocycles. The monoisotopic (exact) mass is 356 g/mol. The number of halogens is 2. The van der Waals surface area contributed by atoms with E-state index in [4.69, 9.17) is 16.3 Å². The Bertz CT molecular complexity index is 703. The maximum atomic E-state index is 12.3. The van der Waals surface area contributed by atoms with E-state index in [1.165, 1.54) is 0 Å². The fourth-order valence-corrected chi connectivity index (χ4v) is 2.70. The highest BCUT2D eigenvalue weighted by atomic mass is 35.5. The first kappa shape index (κ1) is 17.6. The first-order valence-corrected chi connectivity index (χ1v) is 7.44. The lowest BCUT2D eigenvalue weighted by Crippen LogP contribution is -2.28. The van der Waals surface area contributed by atoms with Crippen LogP contribution in [0.15, 0.2) is 18.2 Å². The van der Waals surface area contributed by atoms with Crippen molar-refractivity contribution in [3.05, 3.63) is 45.7 Å². The Morgan fingerprint density at radius 1 is 1.48 bits per heavy atom. The lowest BCUT2D eigenvalue weighted by atomic mass is 10.1. The van der Waals surface area contributed by atoms with Gasteiger partial charge in [0.25, 0.3) is 5.91 Å². The molecule has 3 N–H and O–H groups in total. The molecule has 6 nitrogen and oxygen atoms in total. The molecule has 2 aromatic rings. The van der Waals surface area contributed by atoms with Crippen LogP contribution in [0.2, 0.25) is 5.02 Å². The molecule has 0 aliphatic carbocycles. The zero-order chi connectivity index (χ0) is 15.5. The van der Waals surface area contributed by atoms with Crippen molar-refractivity contribution in [1.82, 2.24) is 20.8 Å². The number of nitrogens with one attached hydrogen (secondary N) is 3. The molecule has 1 aromatic heterocycles. The summed E-state index contributed by atoms with van der Waals surface area (Å²) in [6, 6.07) is 5.33. The van der Waals surface area contributed by atoms with Gasteiger partial charge in [0.1, 0.15) is 5.75 Å². The number of hydrogen-bond donors (Lipinski definition) is 3. The molecule has 0 fully saturated rings. The minimum absolute atomic E-state index is 0. The molecule has 0 spiro atoms. The number of H-pyrrole nitrogens is 1. The Morgan fingerprint density at radius 2 is 2.30 bits per heavy atom. The number of carbonyl (C=O) groups excluding carboxylic acids is 1. The largest absolute Gasteiger partial charge is 0.496 e. The molecule has 1 amide bonds. The maximum Gasteiger partial charge on any atom is 0.272 e. The van der Waals surface area contributed by atoms with Crippen LogP contribution in [0.3, 0.4) is 0 Å². The minimum atomic E-state index is -0.196. The van der Waals surface area contributed by atoms with Crippen molar-refractivity contribution in [2.75, 3.05) is 13.7 Å². The van der Waals surface area contributed by atoms with E-state index in [0.29, 0.717) is 29.6 Å². The zero-order valence-electron chi connectivity index (χ0n) is 12.6. The molecule has 8 heteroatoms. The van der Waals surface area contributed by atoms with E-state index in [-0.39, 0.29) is 18.3 Å². The van der Waals surface area contributed by atoms with E-state index in [9.17, 15) is 4.79 Å². The third-order valence-corrected chi connectivity index (χ3v) is 3.95. The molecule has 0 saturated carbocycles. The number of ether oxygens (including phenoxy) is 1. The fraction of sp³-hybridized carbons (Fsp3) is 0.333. The summed E-state index contributed by atoms with van der Waals surface area (Å²) in [4.78, 5) is 12.3. The summed E-state index contributed by atoms with van der Waals surface area (Å²) in [5.41, 5.74) is 3.30. The van der Waals surface area contributed by atoms with Gasteiger partial charge in [0.15, 0.2) is 5.69 Å².